The van der Waals surface area contributed by atoms with E-state index >= 15 is 0 Å². The maximum atomic E-state index is 12.6. The van der Waals surface area contributed by atoms with Crippen LogP contribution in [0.1, 0.15) is 12.5 Å². The fourth-order valence-electron chi connectivity index (χ4n) is 2.70. The lowest BCUT2D eigenvalue weighted by atomic mass is 10.2. The van der Waals surface area contributed by atoms with Crippen LogP contribution in [0.5, 0.6) is 17.2 Å². The third-order valence-corrected chi connectivity index (χ3v) is 5.04. The molecule has 1 fully saturated rings. The van der Waals surface area contributed by atoms with Crippen LogP contribution in [0.25, 0.3) is 6.08 Å². The number of carbonyl (C=O) groups is 3. The number of carbonyl (C=O) groups excluding carboxylic acids is 3. The highest BCUT2D eigenvalue weighted by atomic mass is 32.2. The van der Waals surface area contributed by atoms with Gasteiger partial charge in [-0.3, -0.25) is 19.3 Å². The van der Waals surface area contributed by atoms with Gasteiger partial charge >= 0.3 is 0 Å². The number of anilines is 1. The van der Waals surface area contributed by atoms with Gasteiger partial charge in [0, 0.05) is 5.69 Å². The van der Waals surface area contributed by atoms with Gasteiger partial charge in [-0.1, -0.05) is 6.07 Å². The molecule has 2 aromatic carbocycles. The molecule has 1 saturated heterocycles. The van der Waals surface area contributed by atoms with E-state index in [-0.39, 0.29) is 16.4 Å². The average Bonchev–Trinajstić information content (AvgIpc) is 2.98. The Hall–Kier alpha value is -3.46. The second-order valence-corrected chi connectivity index (χ2v) is 7.20. The third-order valence-electron chi connectivity index (χ3n) is 4.13. The van der Waals surface area contributed by atoms with Gasteiger partial charge in [0.2, 0.25) is 5.91 Å². The van der Waals surface area contributed by atoms with E-state index in [4.69, 9.17) is 9.47 Å². The fourth-order valence-corrected chi connectivity index (χ4v) is 3.54. The van der Waals surface area contributed by atoms with E-state index < -0.39 is 23.6 Å². The Balaban J connectivity index is 1.68. The Labute approximate surface area is 177 Å². The Morgan fingerprint density at radius 1 is 1.20 bits per heavy atom. The van der Waals surface area contributed by atoms with Gasteiger partial charge in [-0.2, -0.15) is 0 Å². The summed E-state index contributed by atoms with van der Waals surface area (Å²) in [6.07, 6.45) is 1.52. The number of rotatable bonds is 7. The number of thioether (sulfide) groups is 1. The zero-order valence-electron chi connectivity index (χ0n) is 16.4. The normalized spacial score (nSPS) is 14.9. The van der Waals surface area contributed by atoms with E-state index in [1.54, 1.807) is 43.3 Å². The van der Waals surface area contributed by atoms with Crippen molar-refractivity contribution in [2.75, 3.05) is 25.6 Å². The number of ether oxygens (including phenoxy) is 2. The van der Waals surface area contributed by atoms with Crippen LogP contribution in [-0.2, 0) is 9.59 Å². The van der Waals surface area contributed by atoms with E-state index in [2.05, 4.69) is 5.32 Å². The first-order chi connectivity index (χ1) is 14.4. The maximum absolute atomic E-state index is 12.6. The molecule has 3 amide bonds. The molecule has 0 atom stereocenters. The summed E-state index contributed by atoms with van der Waals surface area (Å²) in [7, 11) is 1.54. The summed E-state index contributed by atoms with van der Waals surface area (Å²) in [6, 6.07) is 11.3. The van der Waals surface area contributed by atoms with Gasteiger partial charge in [-0.15, -0.1) is 0 Å². The highest BCUT2D eigenvalue weighted by Crippen LogP contribution is 2.34. The summed E-state index contributed by atoms with van der Waals surface area (Å²) in [5, 5.41) is 11.9. The first kappa shape index (κ1) is 21.3. The second kappa shape index (κ2) is 9.36. The van der Waals surface area contributed by atoms with E-state index in [1.807, 2.05) is 0 Å². The smallest absolute Gasteiger partial charge is 0.294 e. The summed E-state index contributed by atoms with van der Waals surface area (Å²) in [6.45, 7) is 1.76. The minimum atomic E-state index is -0.555. The van der Waals surface area contributed by atoms with E-state index in [0.29, 0.717) is 23.6 Å². The molecule has 1 aliphatic heterocycles. The lowest BCUT2D eigenvalue weighted by Crippen LogP contribution is -2.36. The first-order valence-corrected chi connectivity index (χ1v) is 9.88. The van der Waals surface area contributed by atoms with Crippen molar-refractivity contribution in [3.63, 3.8) is 0 Å². The Morgan fingerprint density at radius 2 is 1.93 bits per heavy atom. The predicted octanol–water partition coefficient (Wildman–Crippen LogP) is 3.47. The number of hydrogen-bond acceptors (Lipinski definition) is 7. The van der Waals surface area contributed by atoms with Crippen molar-refractivity contribution in [2.45, 2.75) is 6.92 Å². The fraction of sp³-hybridized carbons (Fsp3) is 0.190. The SMILES string of the molecule is CCOc1cc(C=C2SC(=O)N(CC(=O)Nc3ccc(OC)cc3)C2=O)ccc1O. The van der Waals surface area contributed by atoms with Crippen LogP contribution in [0.15, 0.2) is 47.4 Å². The number of imide groups is 1. The van der Waals surface area contributed by atoms with Crippen molar-refractivity contribution in [1.82, 2.24) is 4.90 Å². The Bertz CT molecular complexity index is 1000. The molecule has 2 N–H and O–H groups in total. The van der Waals surface area contributed by atoms with Crippen LogP contribution in [-0.4, -0.2) is 47.3 Å². The number of nitrogens with one attached hydrogen (secondary N) is 1. The van der Waals surface area contributed by atoms with Gasteiger partial charge in [0.25, 0.3) is 11.1 Å². The summed E-state index contributed by atoms with van der Waals surface area (Å²) >= 11 is 0.752. The average molecular weight is 428 g/mol. The number of phenolic OH excluding ortho intramolecular Hbond substituents is 1. The second-order valence-electron chi connectivity index (χ2n) is 6.20. The number of aromatic hydroxyl groups is 1. The molecule has 1 aliphatic rings. The number of methoxy groups -OCH3 is 1. The van der Waals surface area contributed by atoms with Crippen LogP contribution in [0.2, 0.25) is 0 Å². The van der Waals surface area contributed by atoms with E-state index in [0.717, 1.165) is 16.7 Å². The lowest BCUT2D eigenvalue weighted by molar-refractivity contribution is -0.127. The Morgan fingerprint density at radius 3 is 2.60 bits per heavy atom. The topological polar surface area (TPSA) is 105 Å². The lowest BCUT2D eigenvalue weighted by Gasteiger charge is -2.12. The van der Waals surface area contributed by atoms with Gasteiger partial charge in [-0.25, -0.2) is 0 Å². The molecule has 156 valence electrons. The van der Waals surface area contributed by atoms with Crippen molar-refractivity contribution < 1.29 is 29.0 Å². The van der Waals surface area contributed by atoms with Crippen LogP contribution in [0.3, 0.4) is 0 Å². The summed E-state index contributed by atoms with van der Waals surface area (Å²) < 4.78 is 10.4. The minimum Gasteiger partial charge on any atom is -0.504 e. The van der Waals surface area contributed by atoms with Crippen LogP contribution in [0.4, 0.5) is 10.5 Å². The molecule has 0 radical (unpaired) electrons. The molecule has 0 aromatic heterocycles. The summed E-state index contributed by atoms with van der Waals surface area (Å²) in [5.41, 5.74) is 1.11. The van der Waals surface area contributed by atoms with Gasteiger partial charge in [0.1, 0.15) is 12.3 Å². The van der Waals surface area contributed by atoms with Crippen molar-refractivity contribution >= 4 is 40.6 Å². The number of benzene rings is 2. The Kier molecular flexibility index (Phi) is 6.63. The van der Waals surface area contributed by atoms with Crippen LogP contribution in [0, 0.1) is 0 Å². The van der Waals surface area contributed by atoms with Crippen LogP contribution < -0.4 is 14.8 Å². The van der Waals surface area contributed by atoms with Gasteiger partial charge < -0.3 is 19.9 Å². The molecular formula is C21H20N2O6S. The molecule has 9 heteroatoms. The molecule has 2 aromatic rings. The van der Waals surface area contributed by atoms with E-state index in [1.165, 1.54) is 19.3 Å². The molecule has 0 bridgehead atoms. The molecule has 0 aliphatic carbocycles. The van der Waals surface area contributed by atoms with Gasteiger partial charge in [0.15, 0.2) is 11.5 Å². The van der Waals surface area contributed by atoms with Crippen molar-refractivity contribution in [1.29, 1.82) is 0 Å². The molecule has 0 saturated carbocycles. The molecule has 30 heavy (non-hydrogen) atoms. The van der Waals surface area contributed by atoms with Crippen LogP contribution >= 0.6 is 11.8 Å². The zero-order chi connectivity index (χ0) is 21.7. The standard InChI is InChI=1S/C21H20N2O6S/c1-3-29-17-10-13(4-9-16(17)24)11-18-20(26)23(21(27)30-18)12-19(25)22-14-5-7-15(28-2)8-6-14/h4-11,24H,3,12H2,1-2H3,(H,22,25). The zero-order valence-corrected chi connectivity index (χ0v) is 17.2. The molecular weight excluding hydrogens is 408 g/mol. The van der Waals surface area contributed by atoms with Gasteiger partial charge in [-0.05, 0) is 66.7 Å². The van der Waals surface area contributed by atoms with Gasteiger partial charge in [0.05, 0.1) is 18.6 Å². The maximum Gasteiger partial charge on any atom is 0.294 e. The number of nitrogens with zero attached hydrogens (tertiary/aromatic N) is 1. The monoisotopic (exact) mass is 428 g/mol. The third kappa shape index (κ3) is 4.93. The molecule has 0 spiro atoms. The molecule has 0 unspecified atom stereocenters. The summed E-state index contributed by atoms with van der Waals surface area (Å²) in [4.78, 5) is 38.2. The number of phenols is 1. The minimum absolute atomic E-state index is 0.0164. The summed E-state index contributed by atoms with van der Waals surface area (Å²) in [5.74, 6) is -0.139. The number of hydrogen-bond donors (Lipinski definition) is 2. The van der Waals surface area contributed by atoms with Crippen molar-refractivity contribution in [3.05, 3.63) is 52.9 Å². The highest BCUT2D eigenvalue weighted by Gasteiger charge is 2.36. The molecule has 1 heterocycles. The quantitative estimate of drug-likeness (QED) is 0.651. The number of amides is 3. The largest absolute Gasteiger partial charge is 0.504 e. The molecule has 8 nitrogen and oxygen atoms in total. The first-order valence-electron chi connectivity index (χ1n) is 9.06. The highest BCUT2D eigenvalue weighted by molar-refractivity contribution is 8.18. The van der Waals surface area contributed by atoms with E-state index in [9.17, 15) is 19.5 Å². The van der Waals surface area contributed by atoms with Crippen molar-refractivity contribution in [2.24, 2.45) is 0 Å². The van der Waals surface area contributed by atoms with Crippen molar-refractivity contribution in [3.8, 4) is 17.2 Å². The molecule has 3 rings (SSSR count). The predicted molar refractivity (Wildman–Crippen MR) is 114 cm³/mol.